The van der Waals surface area contributed by atoms with Gasteiger partial charge in [0.1, 0.15) is 12.1 Å². The average molecular weight is 268 g/mol. The molecule has 1 N–H and O–H groups in total. The number of rotatable bonds is 5. The first-order valence-electron chi connectivity index (χ1n) is 7.42. The molecule has 0 spiro atoms. The molecule has 110 valence electrons. The van der Waals surface area contributed by atoms with E-state index in [1.807, 2.05) is 20.8 Å². The van der Waals surface area contributed by atoms with E-state index in [0.717, 1.165) is 6.42 Å². The number of carbonyl (C=O) groups is 2. The zero-order valence-electron chi connectivity index (χ0n) is 13.1. The van der Waals surface area contributed by atoms with E-state index in [1.54, 1.807) is 4.90 Å². The molecule has 0 aliphatic carbocycles. The van der Waals surface area contributed by atoms with Gasteiger partial charge in [0.25, 0.3) is 0 Å². The predicted molar refractivity (Wildman–Crippen MR) is 76.6 cm³/mol. The number of carbonyl (C=O) groups excluding carboxylic acids is 2. The molecule has 1 saturated heterocycles. The van der Waals surface area contributed by atoms with Crippen molar-refractivity contribution in [2.45, 2.75) is 72.5 Å². The molecule has 19 heavy (non-hydrogen) atoms. The van der Waals surface area contributed by atoms with E-state index in [9.17, 15) is 9.59 Å². The SMILES string of the molecule is CCC(C)C1C(=O)NC(CC(C)C)C(=O)N1C(C)C. The number of hydrogen-bond donors (Lipinski definition) is 1. The van der Waals surface area contributed by atoms with Gasteiger partial charge in [-0.2, -0.15) is 0 Å². The first-order valence-corrected chi connectivity index (χ1v) is 7.42. The number of hydrogen-bond acceptors (Lipinski definition) is 2. The van der Waals surface area contributed by atoms with Crippen LogP contribution in [0.1, 0.15) is 54.4 Å². The predicted octanol–water partition coefficient (Wildman–Crippen LogP) is 2.18. The summed E-state index contributed by atoms with van der Waals surface area (Å²) in [6, 6.07) is -0.608. The Morgan fingerprint density at radius 1 is 1.16 bits per heavy atom. The first-order chi connectivity index (χ1) is 8.79. The lowest BCUT2D eigenvalue weighted by Gasteiger charge is -2.44. The van der Waals surface area contributed by atoms with E-state index in [4.69, 9.17) is 0 Å². The maximum atomic E-state index is 12.6. The van der Waals surface area contributed by atoms with Crippen molar-refractivity contribution < 1.29 is 9.59 Å². The summed E-state index contributed by atoms with van der Waals surface area (Å²) in [5, 5.41) is 2.92. The standard InChI is InChI=1S/C15H28N2O2/c1-7-11(6)13-14(18)16-12(8-9(2)3)15(19)17(13)10(4)5/h9-13H,7-8H2,1-6H3,(H,16,18). The van der Waals surface area contributed by atoms with E-state index in [0.29, 0.717) is 12.3 Å². The Balaban J connectivity index is 2.99. The van der Waals surface area contributed by atoms with Gasteiger partial charge in [0.05, 0.1) is 0 Å². The lowest BCUT2D eigenvalue weighted by atomic mass is 9.90. The molecule has 0 aromatic rings. The fraction of sp³-hybridized carbons (Fsp3) is 0.867. The van der Waals surface area contributed by atoms with Gasteiger partial charge in [-0.25, -0.2) is 0 Å². The van der Waals surface area contributed by atoms with E-state index < -0.39 is 0 Å². The van der Waals surface area contributed by atoms with Gasteiger partial charge in [0.2, 0.25) is 11.8 Å². The zero-order valence-corrected chi connectivity index (χ0v) is 13.1. The summed E-state index contributed by atoms with van der Waals surface area (Å²) >= 11 is 0. The molecule has 2 amide bonds. The fourth-order valence-electron chi connectivity index (χ4n) is 2.72. The highest BCUT2D eigenvalue weighted by atomic mass is 16.2. The van der Waals surface area contributed by atoms with E-state index in [1.165, 1.54) is 0 Å². The maximum Gasteiger partial charge on any atom is 0.246 e. The van der Waals surface area contributed by atoms with E-state index in [2.05, 4.69) is 26.1 Å². The highest BCUT2D eigenvalue weighted by Gasteiger charge is 2.43. The minimum atomic E-state index is -0.352. The third-order valence-electron chi connectivity index (χ3n) is 3.88. The number of amides is 2. The molecule has 0 bridgehead atoms. The van der Waals surface area contributed by atoms with Gasteiger partial charge in [-0.1, -0.05) is 34.1 Å². The number of nitrogens with one attached hydrogen (secondary N) is 1. The summed E-state index contributed by atoms with van der Waals surface area (Å²) in [7, 11) is 0. The van der Waals surface area contributed by atoms with Crippen LogP contribution in [0.25, 0.3) is 0 Å². The molecule has 0 aromatic carbocycles. The molecule has 3 atom stereocenters. The lowest BCUT2D eigenvalue weighted by Crippen LogP contribution is -2.66. The van der Waals surface area contributed by atoms with Crippen LogP contribution in [0.2, 0.25) is 0 Å². The van der Waals surface area contributed by atoms with Crippen molar-refractivity contribution in [3.8, 4) is 0 Å². The Labute approximate surface area is 116 Å². The van der Waals surface area contributed by atoms with E-state index >= 15 is 0 Å². The van der Waals surface area contributed by atoms with Crippen molar-refractivity contribution in [1.82, 2.24) is 10.2 Å². The summed E-state index contributed by atoms with van der Waals surface area (Å²) in [6.07, 6.45) is 1.60. The summed E-state index contributed by atoms with van der Waals surface area (Å²) in [5.41, 5.74) is 0. The molecule has 0 saturated carbocycles. The van der Waals surface area contributed by atoms with Crippen LogP contribution in [0.15, 0.2) is 0 Å². The largest absolute Gasteiger partial charge is 0.342 e. The smallest absolute Gasteiger partial charge is 0.246 e. The lowest BCUT2D eigenvalue weighted by molar-refractivity contribution is -0.154. The van der Waals surface area contributed by atoms with Crippen molar-refractivity contribution in [3.05, 3.63) is 0 Å². The molecule has 1 rings (SSSR count). The summed E-state index contributed by atoms with van der Waals surface area (Å²) in [4.78, 5) is 26.7. The molecular weight excluding hydrogens is 240 g/mol. The summed E-state index contributed by atoms with van der Waals surface area (Å²) < 4.78 is 0. The monoisotopic (exact) mass is 268 g/mol. The molecule has 1 aliphatic heterocycles. The van der Waals surface area contributed by atoms with Gasteiger partial charge in [-0.3, -0.25) is 9.59 Å². The van der Waals surface area contributed by atoms with Crippen molar-refractivity contribution in [1.29, 1.82) is 0 Å². The topological polar surface area (TPSA) is 49.4 Å². The molecule has 0 radical (unpaired) electrons. The van der Waals surface area contributed by atoms with Crippen LogP contribution >= 0.6 is 0 Å². The Bertz CT molecular complexity index is 339. The van der Waals surface area contributed by atoms with Gasteiger partial charge < -0.3 is 10.2 Å². The van der Waals surface area contributed by atoms with Crippen molar-refractivity contribution in [3.63, 3.8) is 0 Å². The van der Waals surface area contributed by atoms with E-state index in [-0.39, 0.29) is 35.9 Å². The molecule has 4 nitrogen and oxygen atoms in total. The molecule has 3 unspecified atom stereocenters. The van der Waals surface area contributed by atoms with Gasteiger partial charge in [0.15, 0.2) is 0 Å². The van der Waals surface area contributed by atoms with Crippen LogP contribution in [-0.2, 0) is 9.59 Å². The third-order valence-corrected chi connectivity index (χ3v) is 3.88. The van der Waals surface area contributed by atoms with Gasteiger partial charge in [-0.15, -0.1) is 0 Å². The van der Waals surface area contributed by atoms with Crippen LogP contribution in [0.4, 0.5) is 0 Å². The Morgan fingerprint density at radius 3 is 2.16 bits per heavy atom. The number of nitrogens with zero attached hydrogens (tertiary/aromatic N) is 1. The minimum absolute atomic E-state index is 0.00769. The maximum absolute atomic E-state index is 12.6. The molecule has 1 aliphatic rings. The van der Waals surface area contributed by atoms with Crippen LogP contribution in [-0.4, -0.2) is 34.8 Å². The second-order valence-electron chi connectivity index (χ2n) is 6.36. The highest BCUT2D eigenvalue weighted by Crippen LogP contribution is 2.24. The van der Waals surface area contributed by atoms with Gasteiger partial charge >= 0.3 is 0 Å². The highest BCUT2D eigenvalue weighted by molar-refractivity contribution is 5.97. The third kappa shape index (κ3) is 3.48. The normalized spacial score (nSPS) is 26.0. The molecule has 4 heteroatoms. The quantitative estimate of drug-likeness (QED) is 0.831. The van der Waals surface area contributed by atoms with Crippen molar-refractivity contribution in [2.75, 3.05) is 0 Å². The molecule has 1 fully saturated rings. The van der Waals surface area contributed by atoms with Crippen molar-refractivity contribution in [2.24, 2.45) is 11.8 Å². The Kier molecular flexibility index (Phi) is 5.39. The summed E-state index contributed by atoms with van der Waals surface area (Å²) in [6.45, 7) is 12.2. The van der Waals surface area contributed by atoms with Gasteiger partial charge in [0, 0.05) is 6.04 Å². The molecular formula is C15H28N2O2. The van der Waals surface area contributed by atoms with Crippen LogP contribution in [0, 0.1) is 11.8 Å². The molecule has 1 heterocycles. The zero-order chi connectivity index (χ0) is 14.7. The van der Waals surface area contributed by atoms with Crippen molar-refractivity contribution >= 4 is 11.8 Å². The molecule has 0 aromatic heterocycles. The van der Waals surface area contributed by atoms with Crippen LogP contribution in [0.5, 0.6) is 0 Å². The summed E-state index contributed by atoms with van der Waals surface area (Å²) in [5.74, 6) is 0.664. The van der Waals surface area contributed by atoms with Crippen LogP contribution in [0.3, 0.4) is 0 Å². The number of piperazine rings is 1. The first kappa shape index (κ1) is 16.0. The average Bonchev–Trinajstić information content (AvgIpc) is 2.30. The fourth-order valence-corrected chi connectivity index (χ4v) is 2.72. The Hall–Kier alpha value is -1.06. The minimum Gasteiger partial charge on any atom is -0.342 e. The van der Waals surface area contributed by atoms with Gasteiger partial charge in [-0.05, 0) is 32.1 Å². The second kappa shape index (κ2) is 6.40. The Morgan fingerprint density at radius 2 is 1.74 bits per heavy atom. The second-order valence-corrected chi connectivity index (χ2v) is 6.36. The van der Waals surface area contributed by atoms with Crippen LogP contribution < -0.4 is 5.32 Å².